The van der Waals surface area contributed by atoms with Gasteiger partial charge in [0.15, 0.2) is 6.29 Å². The SMILES string of the molecule is CC(C)c1ccc(/C=C/C(O)O)cc1F. The average Bonchev–Trinajstić information content (AvgIpc) is 2.14. The molecule has 0 aliphatic rings. The molecule has 1 aromatic carbocycles. The van der Waals surface area contributed by atoms with Crippen LogP contribution in [0.5, 0.6) is 0 Å². The van der Waals surface area contributed by atoms with E-state index in [-0.39, 0.29) is 11.7 Å². The van der Waals surface area contributed by atoms with Crippen LogP contribution >= 0.6 is 0 Å². The fourth-order valence-corrected chi connectivity index (χ4v) is 1.31. The summed E-state index contributed by atoms with van der Waals surface area (Å²) in [5.41, 5.74) is 1.28. The van der Waals surface area contributed by atoms with E-state index in [1.165, 1.54) is 18.2 Å². The highest BCUT2D eigenvalue weighted by atomic mass is 19.1. The molecule has 0 heterocycles. The molecule has 0 saturated heterocycles. The predicted octanol–water partition coefficient (Wildman–Crippen LogP) is 2.27. The minimum atomic E-state index is -1.50. The van der Waals surface area contributed by atoms with Gasteiger partial charge in [0.25, 0.3) is 0 Å². The first kappa shape index (κ1) is 11.9. The van der Waals surface area contributed by atoms with Gasteiger partial charge in [0.05, 0.1) is 0 Å². The number of hydrogen-bond donors (Lipinski definition) is 2. The third-order valence-electron chi connectivity index (χ3n) is 2.11. The van der Waals surface area contributed by atoms with Gasteiger partial charge in [0.2, 0.25) is 0 Å². The van der Waals surface area contributed by atoms with Crippen molar-refractivity contribution in [2.24, 2.45) is 0 Å². The maximum Gasteiger partial charge on any atom is 0.171 e. The fraction of sp³-hybridized carbons (Fsp3) is 0.333. The molecule has 0 aliphatic carbocycles. The van der Waals surface area contributed by atoms with Crippen molar-refractivity contribution >= 4 is 6.08 Å². The number of aliphatic hydroxyl groups is 2. The molecule has 0 atom stereocenters. The van der Waals surface area contributed by atoms with Gasteiger partial charge in [-0.2, -0.15) is 0 Å². The van der Waals surface area contributed by atoms with Crippen molar-refractivity contribution in [3.8, 4) is 0 Å². The monoisotopic (exact) mass is 210 g/mol. The number of rotatable bonds is 3. The van der Waals surface area contributed by atoms with E-state index in [0.717, 1.165) is 0 Å². The summed E-state index contributed by atoms with van der Waals surface area (Å²) in [6.45, 7) is 3.84. The van der Waals surface area contributed by atoms with Gasteiger partial charge in [-0.1, -0.05) is 32.1 Å². The molecule has 0 radical (unpaired) electrons. The summed E-state index contributed by atoms with van der Waals surface area (Å²) in [6.07, 6.45) is 1.15. The second-order valence-electron chi connectivity index (χ2n) is 3.71. The summed E-state index contributed by atoms with van der Waals surface area (Å²) in [6, 6.07) is 4.84. The van der Waals surface area contributed by atoms with Crippen molar-refractivity contribution in [3.05, 3.63) is 41.2 Å². The molecule has 1 aromatic rings. The zero-order chi connectivity index (χ0) is 11.4. The van der Waals surface area contributed by atoms with Crippen molar-refractivity contribution in [1.82, 2.24) is 0 Å². The number of halogens is 1. The summed E-state index contributed by atoms with van der Waals surface area (Å²) < 4.78 is 13.5. The third-order valence-corrected chi connectivity index (χ3v) is 2.11. The molecular weight excluding hydrogens is 195 g/mol. The van der Waals surface area contributed by atoms with Crippen molar-refractivity contribution < 1.29 is 14.6 Å². The van der Waals surface area contributed by atoms with Crippen LogP contribution < -0.4 is 0 Å². The van der Waals surface area contributed by atoms with Crippen LogP contribution in [0.4, 0.5) is 4.39 Å². The smallest absolute Gasteiger partial charge is 0.171 e. The van der Waals surface area contributed by atoms with Gasteiger partial charge in [0, 0.05) is 0 Å². The Kier molecular flexibility index (Phi) is 4.00. The van der Waals surface area contributed by atoms with Crippen LogP contribution in [0.1, 0.15) is 30.9 Å². The second-order valence-corrected chi connectivity index (χ2v) is 3.71. The maximum atomic E-state index is 13.5. The Morgan fingerprint density at radius 3 is 2.40 bits per heavy atom. The maximum absolute atomic E-state index is 13.5. The molecule has 15 heavy (non-hydrogen) atoms. The molecule has 2 nitrogen and oxygen atoms in total. The third kappa shape index (κ3) is 3.46. The molecule has 0 aliphatic heterocycles. The molecule has 0 bridgehead atoms. The number of benzene rings is 1. The van der Waals surface area contributed by atoms with Gasteiger partial charge >= 0.3 is 0 Å². The Morgan fingerprint density at radius 1 is 1.27 bits per heavy atom. The molecule has 82 valence electrons. The highest BCUT2D eigenvalue weighted by Gasteiger charge is 2.05. The predicted molar refractivity (Wildman–Crippen MR) is 57.7 cm³/mol. The van der Waals surface area contributed by atoms with Gasteiger partial charge in [-0.3, -0.25) is 0 Å². The summed E-state index contributed by atoms with van der Waals surface area (Å²) in [5.74, 6) is -0.119. The Hall–Kier alpha value is -1.19. The molecule has 0 amide bonds. The molecule has 0 spiro atoms. The lowest BCUT2D eigenvalue weighted by atomic mass is 10.0. The molecule has 0 aromatic heterocycles. The van der Waals surface area contributed by atoms with Gasteiger partial charge in [-0.05, 0) is 29.2 Å². The van der Waals surface area contributed by atoms with Crippen molar-refractivity contribution in [3.63, 3.8) is 0 Å². The molecular formula is C12H15FO2. The number of hydrogen-bond acceptors (Lipinski definition) is 2. The van der Waals surface area contributed by atoms with Gasteiger partial charge in [-0.25, -0.2) is 4.39 Å². The van der Waals surface area contributed by atoms with Gasteiger partial charge in [-0.15, -0.1) is 0 Å². The highest BCUT2D eigenvalue weighted by molar-refractivity contribution is 5.50. The fourth-order valence-electron chi connectivity index (χ4n) is 1.31. The Morgan fingerprint density at radius 2 is 1.93 bits per heavy atom. The first-order valence-corrected chi connectivity index (χ1v) is 4.84. The lowest BCUT2D eigenvalue weighted by Gasteiger charge is -2.07. The standard InChI is InChI=1S/C12H15FO2/c1-8(2)10-5-3-9(7-11(10)13)4-6-12(14)15/h3-8,12,14-15H,1-2H3/b6-4+. The molecule has 1 rings (SSSR count). The van der Waals surface area contributed by atoms with Crippen LogP contribution in [0.2, 0.25) is 0 Å². The first-order valence-electron chi connectivity index (χ1n) is 4.84. The second kappa shape index (κ2) is 5.05. The largest absolute Gasteiger partial charge is 0.365 e. The van der Waals surface area contributed by atoms with Crippen molar-refractivity contribution in [2.75, 3.05) is 0 Å². The zero-order valence-corrected chi connectivity index (χ0v) is 8.81. The first-order chi connectivity index (χ1) is 7.00. The molecule has 0 saturated carbocycles. The Labute approximate surface area is 88.7 Å². The lowest BCUT2D eigenvalue weighted by molar-refractivity contribution is 0.00303. The molecule has 0 unspecified atom stereocenters. The normalized spacial score (nSPS) is 11.9. The minimum Gasteiger partial charge on any atom is -0.365 e. The van der Waals surface area contributed by atoms with E-state index >= 15 is 0 Å². The van der Waals surface area contributed by atoms with Crippen LogP contribution in [-0.4, -0.2) is 16.5 Å². The Bertz CT molecular complexity index is 357. The summed E-state index contributed by atoms with van der Waals surface area (Å²) in [5, 5.41) is 17.2. The van der Waals surface area contributed by atoms with E-state index < -0.39 is 6.29 Å². The number of aliphatic hydroxyl groups excluding tert-OH is 1. The van der Waals surface area contributed by atoms with Crippen LogP contribution in [-0.2, 0) is 0 Å². The zero-order valence-electron chi connectivity index (χ0n) is 8.81. The van der Waals surface area contributed by atoms with E-state index in [1.807, 2.05) is 13.8 Å². The van der Waals surface area contributed by atoms with Crippen LogP contribution in [0.25, 0.3) is 6.08 Å². The average molecular weight is 210 g/mol. The lowest BCUT2D eigenvalue weighted by Crippen LogP contribution is -1.97. The Balaban J connectivity index is 2.92. The van der Waals surface area contributed by atoms with E-state index in [4.69, 9.17) is 10.2 Å². The minimum absolute atomic E-state index is 0.145. The quantitative estimate of drug-likeness (QED) is 0.751. The van der Waals surface area contributed by atoms with E-state index in [1.54, 1.807) is 12.1 Å². The van der Waals surface area contributed by atoms with E-state index in [0.29, 0.717) is 11.1 Å². The van der Waals surface area contributed by atoms with Gasteiger partial charge in [0.1, 0.15) is 5.82 Å². The molecule has 2 N–H and O–H groups in total. The van der Waals surface area contributed by atoms with E-state index in [2.05, 4.69) is 0 Å². The van der Waals surface area contributed by atoms with Crippen LogP contribution in [0.15, 0.2) is 24.3 Å². The van der Waals surface area contributed by atoms with E-state index in [9.17, 15) is 4.39 Å². The summed E-state index contributed by atoms with van der Waals surface area (Å²) in [4.78, 5) is 0. The topological polar surface area (TPSA) is 40.5 Å². The van der Waals surface area contributed by atoms with Crippen molar-refractivity contribution in [2.45, 2.75) is 26.1 Å². The van der Waals surface area contributed by atoms with Crippen LogP contribution in [0.3, 0.4) is 0 Å². The molecule has 3 heteroatoms. The highest BCUT2D eigenvalue weighted by Crippen LogP contribution is 2.19. The summed E-state index contributed by atoms with van der Waals surface area (Å²) in [7, 11) is 0. The summed E-state index contributed by atoms with van der Waals surface area (Å²) >= 11 is 0. The van der Waals surface area contributed by atoms with Gasteiger partial charge < -0.3 is 10.2 Å². The van der Waals surface area contributed by atoms with Crippen molar-refractivity contribution in [1.29, 1.82) is 0 Å². The van der Waals surface area contributed by atoms with Crippen LogP contribution in [0, 0.1) is 5.82 Å². The molecule has 0 fully saturated rings.